The van der Waals surface area contributed by atoms with Crippen LogP contribution in [0.1, 0.15) is 61.4 Å². The van der Waals surface area contributed by atoms with Gasteiger partial charge in [-0.1, -0.05) is 31.4 Å². The van der Waals surface area contributed by atoms with E-state index in [1.54, 1.807) is 26.0 Å². The van der Waals surface area contributed by atoms with Crippen LogP contribution >= 0.6 is 24.0 Å². The molecule has 0 aliphatic heterocycles. The van der Waals surface area contributed by atoms with Crippen molar-refractivity contribution in [2.24, 2.45) is 4.99 Å². The number of hydrogen-bond acceptors (Lipinski definition) is 4. The van der Waals surface area contributed by atoms with Crippen molar-refractivity contribution in [1.29, 1.82) is 0 Å². The number of aliphatic imine (C=N–C) groups is 1. The lowest BCUT2D eigenvalue weighted by Crippen LogP contribution is -2.38. The van der Waals surface area contributed by atoms with Crippen molar-refractivity contribution in [2.45, 2.75) is 51.9 Å². The quantitative estimate of drug-likeness (QED) is 0.130. The van der Waals surface area contributed by atoms with Crippen LogP contribution in [-0.2, 0) is 16.0 Å². The maximum Gasteiger partial charge on any atom is 0.305 e. The second-order valence-electron chi connectivity index (χ2n) is 7.40. The average molecular weight is 546 g/mol. The Morgan fingerprint density at radius 2 is 1.71 bits per heavy atom. The molecule has 0 heterocycles. The monoisotopic (exact) mass is 546 g/mol. The average Bonchev–Trinajstić information content (AvgIpc) is 2.74. The van der Waals surface area contributed by atoms with Crippen LogP contribution in [0.25, 0.3) is 0 Å². The van der Waals surface area contributed by atoms with E-state index in [1.807, 2.05) is 31.2 Å². The van der Waals surface area contributed by atoms with Gasteiger partial charge in [-0.05, 0) is 43.9 Å². The number of nitrogens with zero attached hydrogens (tertiary/aromatic N) is 2. The highest BCUT2D eigenvalue weighted by Gasteiger charge is 2.08. The van der Waals surface area contributed by atoms with Crippen LogP contribution in [0, 0.1) is 0 Å². The smallest absolute Gasteiger partial charge is 0.305 e. The zero-order chi connectivity index (χ0) is 22.2. The molecule has 2 N–H and O–H groups in total. The summed E-state index contributed by atoms with van der Waals surface area (Å²) in [5.41, 5.74) is 1.83. The largest absolute Gasteiger partial charge is 0.466 e. The number of carbonyl (C=O) groups is 2. The second-order valence-corrected chi connectivity index (χ2v) is 7.40. The fraction of sp³-hybridized carbons (Fsp3) is 0.609. The number of hydrogen-bond donors (Lipinski definition) is 2. The van der Waals surface area contributed by atoms with Crippen LogP contribution < -0.4 is 10.6 Å². The van der Waals surface area contributed by atoms with Gasteiger partial charge in [-0.3, -0.25) is 14.6 Å². The minimum atomic E-state index is -0.0925. The van der Waals surface area contributed by atoms with Crippen LogP contribution in [0.3, 0.4) is 0 Å². The number of benzene rings is 1. The van der Waals surface area contributed by atoms with Gasteiger partial charge in [0.05, 0.1) is 6.61 Å². The molecule has 7 nitrogen and oxygen atoms in total. The summed E-state index contributed by atoms with van der Waals surface area (Å²) in [5.74, 6) is 0.714. The molecule has 0 bridgehead atoms. The van der Waals surface area contributed by atoms with E-state index in [-0.39, 0.29) is 35.9 Å². The molecule has 1 rings (SSSR count). The van der Waals surface area contributed by atoms with E-state index in [2.05, 4.69) is 15.6 Å². The van der Waals surface area contributed by atoms with Gasteiger partial charge in [-0.25, -0.2) is 0 Å². The minimum absolute atomic E-state index is 0. The topological polar surface area (TPSA) is 83.0 Å². The van der Waals surface area contributed by atoms with Crippen molar-refractivity contribution < 1.29 is 14.3 Å². The lowest BCUT2D eigenvalue weighted by molar-refractivity contribution is -0.143. The molecule has 1 aromatic carbocycles. The highest BCUT2D eigenvalue weighted by Crippen LogP contribution is 2.08. The molecular formula is C23H39IN4O3. The van der Waals surface area contributed by atoms with Gasteiger partial charge >= 0.3 is 5.97 Å². The van der Waals surface area contributed by atoms with Crippen LogP contribution in [0.15, 0.2) is 29.3 Å². The number of esters is 1. The number of amides is 1. The van der Waals surface area contributed by atoms with Crippen LogP contribution in [0.2, 0.25) is 0 Å². The fourth-order valence-electron chi connectivity index (χ4n) is 3.03. The van der Waals surface area contributed by atoms with Crippen molar-refractivity contribution in [2.75, 3.05) is 40.8 Å². The molecule has 0 atom stereocenters. The summed E-state index contributed by atoms with van der Waals surface area (Å²) < 4.78 is 4.93. The van der Waals surface area contributed by atoms with Gasteiger partial charge in [0.2, 0.25) is 0 Å². The first-order valence-electron chi connectivity index (χ1n) is 10.9. The normalized spacial score (nSPS) is 10.8. The first kappa shape index (κ1) is 29.2. The molecule has 8 heteroatoms. The van der Waals surface area contributed by atoms with E-state index in [9.17, 15) is 9.59 Å². The van der Waals surface area contributed by atoms with E-state index in [0.29, 0.717) is 18.6 Å². The molecule has 0 aromatic heterocycles. The predicted molar refractivity (Wildman–Crippen MR) is 137 cm³/mol. The number of rotatable bonds is 13. The van der Waals surface area contributed by atoms with Gasteiger partial charge < -0.3 is 20.3 Å². The summed E-state index contributed by atoms with van der Waals surface area (Å²) in [4.78, 5) is 29.2. The zero-order valence-corrected chi connectivity index (χ0v) is 21.7. The molecule has 31 heavy (non-hydrogen) atoms. The number of nitrogens with one attached hydrogen (secondary N) is 2. The molecule has 0 aliphatic rings. The Morgan fingerprint density at radius 1 is 1.03 bits per heavy atom. The highest BCUT2D eigenvalue weighted by molar-refractivity contribution is 14.0. The van der Waals surface area contributed by atoms with Crippen LogP contribution in [-0.4, -0.2) is 63.6 Å². The first-order valence-corrected chi connectivity index (χ1v) is 10.9. The number of carbonyl (C=O) groups excluding carboxylic acids is 2. The summed E-state index contributed by atoms with van der Waals surface area (Å²) >= 11 is 0. The van der Waals surface area contributed by atoms with E-state index < -0.39 is 0 Å². The summed E-state index contributed by atoms with van der Waals surface area (Å²) in [6, 6.07) is 7.75. The van der Waals surface area contributed by atoms with E-state index in [0.717, 1.165) is 63.1 Å². The lowest BCUT2D eigenvalue weighted by atomic mass is 10.1. The Bertz CT molecular complexity index is 681. The molecule has 0 radical (unpaired) electrons. The minimum Gasteiger partial charge on any atom is -0.466 e. The maximum atomic E-state index is 12.1. The van der Waals surface area contributed by atoms with E-state index in [4.69, 9.17) is 4.74 Å². The number of ether oxygens (including phenoxy) is 1. The Kier molecular flexibility index (Phi) is 16.7. The van der Waals surface area contributed by atoms with Crippen LogP contribution in [0.4, 0.5) is 0 Å². The highest BCUT2D eigenvalue weighted by atomic mass is 127. The third-order valence-corrected chi connectivity index (χ3v) is 4.67. The Hall–Kier alpha value is -1.84. The van der Waals surface area contributed by atoms with Gasteiger partial charge in [0.25, 0.3) is 5.91 Å². The fourth-order valence-corrected chi connectivity index (χ4v) is 3.03. The van der Waals surface area contributed by atoms with Gasteiger partial charge in [-0.2, -0.15) is 0 Å². The summed E-state index contributed by atoms with van der Waals surface area (Å²) in [5, 5.41) is 6.65. The maximum absolute atomic E-state index is 12.1. The van der Waals surface area contributed by atoms with Gasteiger partial charge in [-0.15, -0.1) is 24.0 Å². The van der Waals surface area contributed by atoms with Gasteiger partial charge in [0.15, 0.2) is 5.96 Å². The number of unbranched alkanes of at least 4 members (excludes halogenated alkanes) is 4. The molecule has 0 aliphatic carbocycles. The Balaban J connectivity index is 0.00000900. The Morgan fingerprint density at radius 3 is 2.39 bits per heavy atom. The molecule has 0 unspecified atom stereocenters. The summed E-state index contributed by atoms with van der Waals surface area (Å²) in [6.07, 6.45) is 6.60. The standard InChI is InChI=1S/C23H38N4O3.HI/c1-5-30-21(28)14-9-7-6-8-10-16-25-23(24-2)26-17-15-19-12-11-13-20(18-19)22(29)27(3)4;/h11-13,18H,5-10,14-17H2,1-4H3,(H2,24,25,26);1H. The first-order chi connectivity index (χ1) is 14.5. The third-order valence-electron chi connectivity index (χ3n) is 4.67. The molecule has 1 aromatic rings. The molecule has 1 amide bonds. The molecular weight excluding hydrogens is 507 g/mol. The molecule has 0 saturated heterocycles. The Labute approximate surface area is 204 Å². The van der Waals surface area contributed by atoms with Crippen molar-refractivity contribution >= 4 is 41.8 Å². The number of halogens is 1. The van der Waals surface area contributed by atoms with Crippen molar-refractivity contribution in [1.82, 2.24) is 15.5 Å². The van der Waals surface area contributed by atoms with E-state index >= 15 is 0 Å². The summed E-state index contributed by atoms with van der Waals surface area (Å²) in [6.45, 7) is 3.90. The summed E-state index contributed by atoms with van der Waals surface area (Å²) in [7, 11) is 5.28. The van der Waals surface area contributed by atoms with Crippen molar-refractivity contribution in [3.63, 3.8) is 0 Å². The molecule has 0 fully saturated rings. The third kappa shape index (κ3) is 13.2. The van der Waals surface area contributed by atoms with Gasteiger partial charge in [0.1, 0.15) is 0 Å². The molecule has 0 saturated carbocycles. The van der Waals surface area contributed by atoms with Gasteiger partial charge in [0, 0.05) is 46.2 Å². The van der Waals surface area contributed by atoms with E-state index in [1.165, 1.54) is 0 Å². The van der Waals surface area contributed by atoms with Crippen molar-refractivity contribution in [3.05, 3.63) is 35.4 Å². The zero-order valence-electron chi connectivity index (χ0n) is 19.4. The van der Waals surface area contributed by atoms with Crippen LogP contribution in [0.5, 0.6) is 0 Å². The SMILES string of the molecule is CCOC(=O)CCCCCCCNC(=NC)NCCc1cccc(C(=O)N(C)C)c1.I. The molecule has 0 spiro atoms. The van der Waals surface area contributed by atoms with Crippen molar-refractivity contribution in [3.8, 4) is 0 Å². The lowest BCUT2D eigenvalue weighted by Gasteiger charge is -2.13. The number of guanidine groups is 1. The molecule has 176 valence electrons. The predicted octanol–water partition coefficient (Wildman–Crippen LogP) is 3.62. The second kappa shape index (κ2) is 17.8.